The second-order valence-corrected chi connectivity index (χ2v) is 7.87. The monoisotopic (exact) mass is 325 g/mol. The molecule has 3 rings (SSSR count). The molecule has 0 unspecified atom stereocenters. The second-order valence-electron chi connectivity index (χ2n) is 5.16. The fourth-order valence-electron chi connectivity index (χ4n) is 2.52. The van der Waals surface area contributed by atoms with Gasteiger partial charge in [0.05, 0.1) is 22.2 Å². The Labute approximate surface area is 128 Å². The molecule has 1 aromatic heterocycles. The molecule has 1 aliphatic rings. The summed E-state index contributed by atoms with van der Waals surface area (Å²) in [5, 5.41) is 8.23. The van der Waals surface area contributed by atoms with E-state index >= 15 is 0 Å². The van der Waals surface area contributed by atoms with E-state index in [1.54, 1.807) is 10.9 Å². The van der Waals surface area contributed by atoms with Gasteiger partial charge in [-0.05, 0) is 31.0 Å². The van der Waals surface area contributed by atoms with E-state index in [0.717, 1.165) is 11.4 Å². The van der Waals surface area contributed by atoms with E-state index in [1.807, 2.05) is 30.5 Å². The SMILES string of the molecule is O=S1(=O)CCC(Nc2cccc(Cl)c2-n2cccn2)CC1. The first kappa shape index (κ1) is 14.4. The molecule has 0 saturated carbocycles. The highest BCUT2D eigenvalue weighted by molar-refractivity contribution is 7.91. The highest BCUT2D eigenvalue weighted by Gasteiger charge is 2.24. The van der Waals surface area contributed by atoms with Gasteiger partial charge in [-0.2, -0.15) is 5.10 Å². The van der Waals surface area contributed by atoms with Gasteiger partial charge in [0.1, 0.15) is 15.5 Å². The van der Waals surface area contributed by atoms with E-state index in [2.05, 4.69) is 10.4 Å². The molecule has 1 N–H and O–H groups in total. The molecule has 1 saturated heterocycles. The van der Waals surface area contributed by atoms with Gasteiger partial charge in [-0.15, -0.1) is 0 Å². The molecule has 0 bridgehead atoms. The number of aromatic nitrogens is 2. The van der Waals surface area contributed by atoms with Crippen LogP contribution in [0.4, 0.5) is 5.69 Å². The maximum absolute atomic E-state index is 11.5. The fourth-order valence-corrected chi connectivity index (χ4v) is 4.27. The highest BCUT2D eigenvalue weighted by atomic mass is 35.5. The largest absolute Gasteiger partial charge is 0.380 e. The van der Waals surface area contributed by atoms with Gasteiger partial charge in [0, 0.05) is 18.4 Å². The third-order valence-corrected chi connectivity index (χ3v) is 5.65. The lowest BCUT2D eigenvalue weighted by Crippen LogP contribution is -2.32. The Kier molecular flexibility index (Phi) is 3.91. The van der Waals surface area contributed by atoms with Gasteiger partial charge < -0.3 is 5.32 Å². The minimum absolute atomic E-state index is 0.140. The lowest BCUT2D eigenvalue weighted by molar-refractivity contribution is 0.559. The van der Waals surface area contributed by atoms with Crippen LogP contribution in [-0.4, -0.2) is 35.7 Å². The third-order valence-electron chi connectivity index (χ3n) is 3.63. The van der Waals surface area contributed by atoms with Crippen molar-refractivity contribution in [1.29, 1.82) is 0 Å². The summed E-state index contributed by atoms with van der Waals surface area (Å²) in [5.74, 6) is 0.477. The van der Waals surface area contributed by atoms with E-state index in [4.69, 9.17) is 11.6 Å². The van der Waals surface area contributed by atoms with Crippen LogP contribution in [0.2, 0.25) is 5.02 Å². The summed E-state index contributed by atoms with van der Waals surface area (Å²) in [4.78, 5) is 0. The molecular weight excluding hydrogens is 310 g/mol. The molecule has 2 heterocycles. The van der Waals surface area contributed by atoms with Crippen LogP contribution in [-0.2, 0) is 9.84 Å². The maximum atomic E-state index is 11.5. The number of rotatable bonds is 3. The number of hydrogen-bond donors (Lipinski definition) is 1. The predicted molar refractivity (Wildman–Crippen MR) is 83.9 cm³/mol. The average Bonchev–Trinajstić information content (AvgIpc) is 2.95. The molecular formula is C14H16ClN3O2S. The molecule has 1 aromatic carbocycles. The maximum Gasteiger partial charge on any atom is 0.150 e. The number of hydrogen-bond acceptors (Lipinski definition) is 4. The summed E-state index contributed by atoms with van der Waals surface area (Å²) in [6.45, 7) is 0. The Bertz CT molecular complexity index is 715. The Balaban J connectivity index is 1.85. The van der Waals surface area contributed by atoms with Crippen molar-refractivity contribution in [2.45, 2.75) is 18.9 Å². The molecule has 1 aliphatic heterocycles. The van der Waals surface area contributed by atoms with E-state index < -0.39 is 9.84 Å². The van der Waals surface area contributed by atoms with Crippen LogP contribution in [0.5, 0.6) is 0 Å². The highest BCUT2D eigenvalue weighted by Crippen LogP contribution is 2.29. The fraction of sp³-hybridized carbons (Fsp3) is 0.357. The van der Waals surface area contributed by atoms with Gasteiger partial charge in [0.25, 0.3) is 0 Å². The van der Waals surface area contributed by atoms with Crippen LogP contribution in [0.15, 0.2) is 36.7 Å². The van der Waals surface area contributed by atoms with Crippen molar-refractivity contribution in [3.05, 3.63) is 41.7 Å². The lowest BCUT2D eigenvalue weighted by Gasteiger charge is -2.25. The van der Waals surface area contributed by atoms with Crippen LogP contribution >= 0.6 is 11.6 Å². The Morgan fingerprint density at radius 3 is 2.67 bits per heavy atom. The summed E-state index contributed by atoms with van der Waals surface area (Å²) in [6, 6.07) is 7.60. The molecule has 0 spiro atoms. The minimum atomic E-state index is -2.85. The summed E-state index contributed by atoms with van der Waals surface area (Å²) < 4.78 is 24.7. The van der Waals surface area contributed by atoms with Gasteiger partial charge in [-0.25, -0.2) is 13.1 Å². The molecule has 7 heteroatoms. The number of benzene rings is 1. The summed E-state index contributed by atoms with van der Waals surface area (Å²) >= 11 is 6.29. The first-order valence-corrected chi connectivity index (χ1v) is 9.00. The minimum Gasteiger partial charge on any atom is -0.380 e. The zero-order chi connectivity index (χ0) is 14.9. The average molecular weight is 326 g/mol. The van der Waals surface area contributed by atoms with Crippen LogP contribution in [0.3, 0.4) is 0 Å². The Morgan fingerprint density at radius 2 is 2.00 bits per heavy atom. The van der Waals surface area contributed by atoms with Crippen molar-refractivity contribution < 1.29 is 8.42 Å². The van der Waals surface area contributed by atoms with Gasteiger partial charge in [0.2, 0.25) is 0 Å². The molecule has 0 amide bonds. The quantitative estimate of drug-likeness (QED) is 0.941. The van der Waals surface area contributed by atoms with Crippen LogP contribution in [0.1, 0.15) is 12.8 Å². The van der Waals surface area contributed by atoms with Gasteiger partial charge in [-0.3, -0.25) is 0 Å². The lowest BCUT2D eigenvalue weighted by atomic mass is 10.1. The van der Waals surface area contributed by atoms with Gasteiger partial charge in [-0.1, -0.05) is 17.7 Å². The topological polar surface area (TPSA) is 64.0 Å². The molecule has 21 heavy (non-hydrogen) atoms. The Hall–Kier alpha value is -1.53. The van der Waals surface area contributed by atoms with Crippen molar-refractivity contribution in [3.8, 4) is 5.69 Å². The van der Waals surface area contributed by atoms with Crippen molar-refractivity contribution in [2.75, 3.05) is 16.8 Å². The molecule has 0 radical (unpaired) electrons. The van der Waals surface area contributed by atoms with E-state index in [0.29, 0.717) is 17.9 Å². The molecule has 0 atom stereocenters. The second kappa shape index (κ2) is 5.69. The zero-order valence-corrected chi connectivity index (χ0v) is 12.9. The number of sulfone groups is 1. The van der Waals surface area contributed by atoms with Crippen molar-refractivity contribution in [3.63, 3.8) is 0 Å². The standard InChI is InChI=1S/C14H16ClN3O2S/c15-12-3-1-4-13(14(12)18-8-2-7-16-18)17-11-5-9-21(19,20)10-6-11/h1-4,7-8,11,17H,5-6,9-10H2. The molecule has 112 valence electrons. The van der Waals surface area contributed by atoms with Crippen molar-refractivity contribution >= 4 is 27.1 Å². The normalized spacial score (nSPS) is 18.5. The van der Waals surface area contributed by atoms with Crippen molar-refractivity contribution in [2.24, 2.45) is 0 Å². The van der Waals surface area contributed by atoms with Gasteiger partial charge >= 0.3 is 0 Å². The smallest absolute Gasteiger partial charge is 0.150 e. The van der Waals surface area contributed by atoms with Gasteiger partial charge in [0.15, 0.2) is 0 Å². The van der Waals surface area contributed by atoms with Crippen molar-refractivity contribution in [1.82, 2.24) is 9.78 Å². The number of nitrogens with one attached hydrogen (secondary N) is 1. The number of halogens is 1. The molecule has 0 aliphatic carbocycles. The first-order chi connectivity index (χ1) is 10.1. The molecule has 5 nitrogen and oxygen atoms in total. The third kappa shape index (κ3) is 3.22. The zero-order valence-electron chi connectivity index (χ0n) is 11.4. The summed E-state index contributed by atoms with van der Waals surface area (Å²) in [7, 11) is -2.85. The predicted octanol–water partition coefficient (Wildman–Crippen LogP) is 2.51. The van der Waals surface area contributed by atoms with E-state index in [-0.39, 0.29) is 17.5 Å². The van der Waals surface area contributed by atoms with E-state index in [1.165, 1.54) is 0 Å². The summed E-state index contributed by atoms with van der Waals surface area (Å²) in [6.07, 6.45) is 4.76. The first-order valence-electron chi connectivity index (χ1n) is 6.81. The van der Waals surface area contributed by atoms with Crippen LogP contribution in [0.25, 0.3) is 5.69 Å². The Morgan fingerprint density at radius 1 is 1.24 bits per heavy atom. The van der Waals surface area contributed by atoms with E-state index in [9.17, 15) is 8.42 Å². The molecule has 1 fully saturated rings. The number of para-hydroxylation sites is 1. The number of anilines is 1. The molecule has 2 aromatic rings. The van der Waals surface area contributed by atoms with Crippen LogP contribution < -0.4 is 5.32 Å². The number of nitrogens with zero attached hydrogens (tertiary/aromatic N) is 2. The summed E-state index contributed by atoms with van der Waals surface area (Å²) in [5.41, 5.74) is 1.66. The van der Waals surface area contributed by atoms with Crippen LogP contribution in [0, 0.1) is 0 Å².